The third kappa shape index (κ3) is 5.43. The van der Waals surface area contributed by atoms with Crippen molar-refractivity contribution in [2.75, 3.05) is 19.8 Å². The minimum atomic E-state index is -0.709. The van der Waals surface area contributed by atoms with Gasteiger partial charge in [0.1, 0.15) is 17.3 Å². The van der Waals surface area contributed by atoms with Crippen molar-refractivity contribution in [3.8, 4) is 11.5 Å². The molecule has 8 nitrogen and oxygen atoms in total. The zero-order valence-electron chi connectivity index (χ0n) is 20.6. The number of aliphatic hydroxyl groups is 1. The van der Waals surface area contributed by atoms with Crippen LogP contribution >= 0.6 is 0 Å². The Labute approximate surface area is 210 Å². The van der Waals surface area contributed by atoms with Crippen molar-refractivity contribution < 1.29 is 24.2 Å². The summed E-state index contributed by atoms with van der Waals surface area (Å²) in [6.07, 6.45) is 6.77. The van der Waals surface area contributed by atoms with Crippen LogP contribution in [0.25, 0.3) is 5.76 Å². The number of carbonyl (C=O) groups excluding carboxylic acids is 2. The Morgan fingerprint density at radius 2 is 1.67 bits per heavy atom. The first-order valence-corrected chi connectivity index (χ1v) is 12.2. The van der Waals surface area contributed by atoms with Crippen LogP contribution in [0.2, 0.25) is 0 Å². The molecule has 0 unspecified atom stereocenters. The first-order chi connectivity index (χ1) is 17.5. The average Bonchev–Trinajstić information content (AvgIpc) is 3.50. The highest BCUT2D eigenvalue weighted by atomic mass is 16.5. The van der Waals surface area contributed by atoms with Gasteiger partial charge in [-0.2, -0.15) is 0 Å². The van der Waals surface area contributed by atoms with Gasteiger partial charge in [-0.3, -0.25) is 9.59 Å². The number of benzene rings is 2. The number of imidazole rings is 1. The van der Waals surface area contributed by atoms with Crippen LogP contribution in [-0.4, -0.2) is 51.0 Å². The molecule has 0 radical (unpaired) electrons. The van der Waals surface area contributed by atoms with E-state index in [1.54, 1.807) is 41.7 Å². The number of ether oxygens (including phenoxy) is 2. The first-order valence-electron chi connectivity index (χ1n) is 12.2. The number of aryl methyl sites for hydroxylation is 1. The van der Waals surface area contributed by atoms with Gasteiger partial charge in [0.25, 0.3) is 11.7 Å². The van der Waals surface area contributed by atoms with Crippen LogP contribution in [0.1, 0.15) is 43.9 Å². The van der Waals surface area contributed by atoms with E-state index in [-0.39, 0.29) is 11.3 Å². The molecule has 0 spiro atoms. The van der Waals surface area contributed by atoms with Gasteiger partial charge < -0.3 is 24.0 Å². The molecule has 1 amide bonds. The van der Waals surface area contributed by atoms with Gasteiger partial charge in [-0.15, -0.1) is 0 Å². The summed E-state index contributed by atoms with van der Waals surface area (Å²) in [4.78, 5) is 31.9. The highest BCUT2D eigenvalue weighted by Gasteiger charge is 2.45. The highest BCUT2D eigenvalue weighted by Crippen LogP contribution is 2.40. The molecule has 1 N–H and O–H groups in total. The second kappa shape index (κ2) is 11.6. The summed E-state index contributed by atoms with van der Waals surface area (Å²) >= 11 is 0. The van der Waals surface area contributed by atoms with E-state index in [1.807, 2.05) is 48.9 Å². The number of carbonyl (C=O) groups is 2. The molecule has 3 aromatic rings. The van der Waals surface area contributed by atoms with Gasteiger partial charge in [0.05, 0.1) is 31.2 Å². The third-order valence-electron chi connectivity index (χ3n) is 6.02. The Balaban J connectivity index is 1.68. The number of aromatic nitrogens is 2. The molecule has 0 aliphatic carbocycles. The molecule has 1 fully saturated rings. The summed E-state index contributed by atoms with van der Waals surface area (Å²) in [6, 6.07) is 13.5. The smallest absolute Gasteiger partial charge is 0.295 e. The maximum absolute atomic E-state index is 13.2. The molecule has 2 heterocycles. The van der Waals surface area contributed by atoms with Crippen molar-refractivity contribution in [3.63, 3.8) is 0 Å². The van der Waals surface area contributed by atoms with Gasteiger partial charge in [-0.1, -0.05) is 19.1 Å². The van der Waals surface area contributed by atoms with Crippen LogP contribution in [0.5, 0.6) is 11.5 Å². The molecule has 188 valence electrons. The topological polar surface area (TPSA) is 93.9 Å². The van der Waals surface area contributed by atoms with Gasteiger partial charge in [0.15, 0.2) is 0 Å². The lowest BCUT2D eigenvalue weighted by Crippen LogP contribution is -2.31. The van der Waals surface area contributed by atoms with Crippen LogP contribution < -0.4 is 9.47 Å². The molecule has 0 bridgehead atoms. The molecular weight excluding hydrogens is 458 g/mol. The summed E-state index contributed by atoms with van der Waals surface area (Å²) in [5.74, 6) is -0.145. The summed E-state index contributed by atoms with van der Waals surface area (Å²) in [6.45, 7) is 6.05. The van der Waals surface area contributed by atoms with Crippen LogP contribution in [0, 0.1) is 0 Å². The second-order valence-electron chi connectivity index (χ2n) is 8.52. The van der Waals surface area contributed by atoms with Crippen molar-refractivity contribution in [3.05, 3.63) is 84.0 Å². The van der Waals surface area contributed by atoms with Crippen molar-refractivity contribution in [2.24, 2.45) is 0 Å². The van der Waals surface area contributed by atoms with E-state index in [4.69, 9.17) is 9.47 Å². The number of nitrogens with zero attached hydrogens (tertiary/aromatic N) is 3. The number of hydrogen-bond donors (Lipinski definition) is 1. The summed E-state index contributed by atoms with van der Waals surface area (Å²) < 4.78 is 13.1. The number of likely N-dealkylation sites (tertiary alicyclic amines) is 1. The molecule has 8 heteroatoms. The molecule has 1 aromatic heterocycles. The van der Waals surface area contributed by atoms with Crippen molar-refractivity contribution in [1.29, 1.82) is 0 Å². The second-order valence-corrected chi connectivity index (χ2v) is 8.52. The lowest BCUT2D eigenvalue weighted by Gasteiger charge is -2.25. The van der Waals surface area contributed by atoms with E-state index in [1.165, 1.54) is 0 Å². The van der Waals surface area contributed by atoms with Crippen LogP contribution in [-0.2, 0) is 16.1 Å². The van der Waals surface area contributed by atoms with Gasteiger partial charge in [-0.25, -0.2) is 4.98 Å². The predicted octanol–water partition coefficient (Wildman–Crippen LogP) is 4.58. The fourth-order valence-corrected chi connectivity index (χ4v) is 4.30. The zero-order chi connectivity index (χ0) is 25.5. The monoisotopic (exact) mass is 489 g/mol. The standard InChI is InChI=1S/C28H31N3O5/c1-3-18-36-23-12-8-21(9-13-23)26(32)24-25(20-6-10-22(11-7-20)35-4-2)31(28(34)27(24)33)16-5-15-30-17-14-29-19-30/h6-14,17,19,25,32H,3-5,15-16,18H2,1-2H3/t25-/m1/s1. The highest BCUT2D eigenvalue weighted by molar-refractivity contribution is 6.46. The SMILES string of the molecule is CCCOc1ccc(C(O)=C2C(=O)C(=O)N(CCCn3ccnc3)[C@@H]2c2ccc(OCC)cc2)cc1. The number of hydrogen-bond acceptors (Lipinski definition) is 6. The number of Topliss-reactive ketones (excluding diaryl/α,β-unsaturated/α-hetero) is 1. The van der Waals surface area contributed by atoms with Crippen molar-refractivity contribution >= 4 is 17.4 Å². The van der Waals surface area contributed by atoms with Gasteiger partial charge >= 0.3 is 0 Å². The van der Waals surface area contributed by atoms with E-state index < -0.39 is 17.7 Å². The fourth-order valence-electron chi connectivity index (χ4n) is 4.30. The first kappa shape index (κ1) is 25.0. The third-order valence-corrected chi connectivity index (χ3v) is 6.02. The maximum Gasteiger partial charge on any atom is 0.295 e. The van der Waals surface area contributed by atoms with Crippen LogP contribution in [0.15, 0.2) is 72.8 Å². The molecule has 1 saturated heterocycles. The number of ketones is 1. The van der Waals surface area contributed by atoms with Gasteiger partial charge in [0, 0.05) is 31.0 Å². The molecule has 2 aromatic carbocycles. The lowest BCUT2D eigenvalue weighted by molar-refractivity contribution is -0.139. The minimum absolute atomic E-state index is 0.0778. The predicted molar refractivity (Wildman–Crippen MR) is 136 cm³/mol. The molecule has 1 aliphatic heterocycles. The fraction of sp³-hybridized carbons (Fsp3) is 0.321. The normalized spacial score (nSPS) is 16.9. The van der Waals surface area contributed by atoms with Gasteiger partial charge in [-0.05, 0) is 61.7 Å². The Hall–Kier alpha value is -4.07. The van der Waals surface area contributed by atoms with E-state index >= 15 is 0 Å². The average molecular weight is 490 g/mol. The summed E-state index contributed by atoms with van der Waals surface area (Å²) in [5, 5.41) is 11.2. The van der Waals surface area contributed by atoms with E-state index in [9.17, 15) is 14.7 Å². The Kier molecular flexibility index (Phi) is 8.05. The van der Waals surface area contributed by atoms with E-state index in [0.29, 0.717) is 49.8 Å². The number of aliphatic hydroxyl groups excluding tert-OH is 1. The van der Waals surface area contributed by atoms with E-state index in [0.717, 1.165) is 12.0 Å². The van der Waals surface area contributed by atoms with Crippen molar-refractivity contribution in [2.45, 2.75) is 39.3 Å². The quantitative estimate of drug-likeness (QED) is 0.241. The maximum atomic E-state index is 13.2. The zero-order valence-corrected chi connectivity index (χ0v) is 20.6. The van der Waals surface area contributed by atoms with Crippen LogP contribution in [0.4, 0.5) is 0 Å². The van der Waals surface area contributed by atoms with Gasteiger partial charge in [0.2, 0.25) is 0 Å². The number of amides is 1. The van der Waals surface area contributed by atoms with E-state index in [2.05, 4.69) is 4.98 Å². The molecule has 0 saturated carbocycles. The molecule has 1 atom stereocenters. The molecule has 36 heavy (non-hydrogen) atoms. The minimum Gasteiger partial charge on any atom is -0.507 e. The molecular formula is C28H31N3O5. The number of rotatable bonds is 11. The summed E-state index contributed by atoms with van der Waals surface area (Å²) in [7, 11) is 0. The van der Waals surface area contributed by atoms with Crippen LogP contribution in [0.3, 0.4) is 0 Å². The Bertz CT molecular complexity index is 1200. The Morgan fingerprint density at radius 1 is 0.972 bits per heavy atom. The largest absolute Gasteiger partial charge is 0.507 e. The Morgan fingerprint density at radius 3 is 2.31 bits per heavy atom. The molecule has 1 aliphatic rings. The lowest BCUT2D eigenvalue weighted by atomic mass is 9.95. The molecule has 4 rings (SSSR count). The van der Waals surface area contributed by atoms with Crippen molar-refractivity contribution in [1.82, 2.24) is 14.5 Å². The summed E-state index contributed by atoms with van der Waals surface area (Å²) in [5.41, 5.74) is 1.25.